The van der Waals surface area contributed by atoms with Crippen LogP contribution in [-0.4, -0.2) is 42.3 Å². The van der Waals surface area contributed by atoms with Crippen molar-refractivity contribution < 1.29 is 24.2 Å². The van der Waals surface area contributed by atoms with E-state index in [4.69, 9.17) is 9.84 Å². The number of rotatable bonds is 6. The van der Waals surface area contributed by atoms with Crippen LogP contribution in [0.3, 0.4) is 0 Å². The van der Waals surface area contributed by atoms with Gasteiger partial charge in [0.1, 0.15) is 0 Å². The van der Waals surface area contributed by atoms with Crippen molar-refractivity contribution in [3.05, 3.63) is 0 Å². The molecule has 0 radical (unpaired) electrons. The van der Waals surface area contributed by atoms with Gasteiger partial charge in [0, 0.05) is 19.4 Å². The lowest BCUT2D eigenvalue weighted by molar-refractivity contribution is -0.137. The van der Waals surface area contributed by atoms with E-state index in [2.05, 4.69) is 10.6 Å². The molecule has 3 N–H and O–H groups in total. The lowest BCUT2D eigenvalue weighted by Gasteiger charge is -2.22. The van der Waals surface area contributed by atoms with E-state index >= 15 is 0 Å². The fraction of sp³-hybridized carbons (Fsp3) is 0.750. The topological polar surface area (TPSA) is 105 Å². The van der Waals surface area contributed by atoms with Gasteiger partial charge in [-0.05, 0) is 25.7 Å². The number of carbonyl (C=O) groups excluding carboxylic acids is 2. The lowest BCUT2D eigenvalue weighted by Crippen LogP contribution is -2.47. The van der Waals surface area contributed by atoms with Gasteiger partial charge in [0.05, 0.1) is 12.6 Å². The molecular formula is C12H20N2O5. The predicted molar refractivity (Wildman–Crippen MR) is 66.6 cm³/mol. The van der Waals surface area contributed by atoms with Crippen LogP contribution in [0.5, 0.6) is 0 Å². The fourth-order valence-electron chi connectivity index (χ4n) is 1.83. The summed E-state index contributed by atoms with van der Waals surface area (Å²) >= 11 is 0. The quantitative estimate of drug-likeness (QED) is 0.615. The molecule has 7 heteroatoms. The summed E-state index contributed by atoms with van der Waals surface area (Å²) in [5, 5.41) is 13.3. The first kappa shape index (κ1) is 15.4. The van der Waals surface area contributed by atoms with E-state index in [1.807, 2.05) is 0 Å². The Kier molecular flexibility index (Phi) is 6.88. The first-order valence-corrected chi connectivity index (χ1v) is 6.48. The number of hydrogen-bond acceptors (Lipinski definition) is 4. The Hall–Kier alpha value is -1.63. The largest absolute Gasteiger partial charge is 0.481 e. The smallest absolute Gasteiger partial charge is 0.321 e. The van der Waals surface area contributed by atoms with E-state index in [-0.39, 0.29) is 24.8 Å². The zero-order valence-corrected chi connectivity index (χ0v) is 10.8. The van der Waals surface area contributed by atoms with E-state index in [1.165, 1.54) is 0 Å². The van der Waals surface area contributed by atoms with Gasteiger partial charge in [0.15, 0.2) is 0 Å². The molecule has 19 heavy (non-hydrogen) atoms. The molecule has 1 fully saturated rings. The Morgan fingerprint density at radius 1 is 1.21 bits per heavy atom. The number of nitrogens with one attached hydrogen (secondary N) is 2. The van der Waals surface area contributed by atoms with Gasteiger partial charge in [-0.25, -0.2) is 4.79 Å². The number of carboxylic acid groups (broad SMARTS) is 1. The van der Waals surface area contributed by atoms with Crippen molar-refractivity contribution in [2.45, 2.75) is 44.6 Å². The van der Waals surface area contributed by atoms with Crippen LogP contribution in [0.4, 0.5) is 4.79 Å². The molecule has 3 amide bonds. The second kappa shape index (κ2) is 8.47. The summed E-state index contributed by atoms with van der Waals surface area (Å²) in [6.07, 6.45) is 2.83. The lowest BCUT2D eigenvalue weighted by atomic mass is 10.1. The summed E-state index contributed by atoms with van der Waals surface area (Å²) in [4.78, 5) is 33.1. The molecule has 1 aliphatic heterocycles. The molecule has 1 heterocycles. The summed E-state index contributed by atoms with van der Waals surface area (Å²) in [7, 11) is 0. The molecule has 7 nitrogen and oxygen atoms in total. The van der Waals surface area contributed by atoms with Gasteiger partial charge >= 0.3 is 12.0 Å². The number of carboxylic acids is 1. The van der Waals surface area contributed by atoms with Crippen LogP contribution in [0.25, 0.3) is 0 Å². The molecule has 0 saturated carbocycles. The highest BCUT2D eigenvalue weighted by Gasteiger charge is 2.17. The maximum Gasteiger partial charge on any atom is 0.321 e. The number of aliphatic carboxylic acids is 1. The van der Waals surface area contributed by atoms with Gasteiger partial charge in [0.2, 0.25) is 5.91 Å². The maximum absolute atomic E-state index is 11.5. The molecule has 0 spiro atoms. The molecule has 1 aliphatic rings. The van der Waals surface area contributed by atoms with Gasteiger partial charge < -0.3 is 15.2 Å². The highest BCUT2D eigenvalue weighted by atomic mass is 16.5. The highest BCUT2D eigenvalue weighted by Crippen LogP contribution is 2.05. The first-order valence-electron chi connectivity index (χ1n) is 6.48. The summed E-state index contributed by atoms with van der Waals surface area (Å²) in [6.45, 7) is 1.18. The summed E-state index contributed by atoms with van der Waals surface area (Å²) < 4.78 is 5.21. The molecule has 1 unspecified atom stereocenters. The SMILES string of the molecule is O=C(O)CCCCC(=O)NC(=O)NC1CCCOC1. The van der Waals surface area contributed by atoms with Crippen LogP contribution in [0.1, 0.15) is 38.5 Å². The summed E-state index contributed by atoms with van der Waals surface area (Å²) in [5.74, 6) is -1.27. The van der Waals surface area contributed by atoms with Crippen molar-refractivity contribution in [3.63, 3.8) is 0 Å². The van der Waals surface area contributed by atoms with E-state index in [9.17, 15) is 14.4 Å². The normalized spacial score (nSPS) is 18.6. The fourth-order valence-corrected chi connectivity index (χ4v) is 1.83. The standard InChI is InChI=1S/C12H20N2O5/c15-10(5-1-2-6-11(16)17)14-12(18)13-9-4-3-7-19-8-9/h9H,1-8H2,(H,16,17)(H2,13,14,15,18). The Bertz CT molecular complexity index is 326. The number of amides is 3. The van der Waals surface area contributed by atoms with Crippen molar-refractivity contribution in [3.8, 4) is 0 Å². The third-order valence-corrected chi connectivity index (χ3v) is 2.79. The van der Waals surface area contributed by atoms with Crippen molar-refractivity contribution in [2.75, 3.05) is 13.2 Å². The van der Waals surface area contributed by atoms with E-state index in [0.717, 1.165) is 12.8 Å². The molecule has 1 atom stereocenters. The Morgan fingerprint density at radius 2 is 1.95 bits per heavy atom. The average molecular weight is 272 g/mol. The number of carbonyl (C=O) groups is 3. The molecule has 0 aromatic heterocycles. The second-order valence-corrected chi connectivity index (χ2v) is 4.54. The number of urea groups is 1. The Balaban J connectivity index is 2.09. The number of unbranched alkanes of at least 4 members (excludes halogenated alkanes) is 1. The van der Waals surface area contributed by atoms with Crippen molar-refractivity contribution in [1.29, 1.82) is 0 Å². The number of ether oxygens (including phenoxy) is 1. The molecule has 1 rings (SSSR count). The Labute approximate surface area is 111 Å². The summed E-state index contributed by atoms with van der Waals surface area (Å²) in [6, 6.07) is -0.563. The minimum absolute atomic E-state index is 0.0406. The monoisotopic (exact) mass is 272 g/mol. The van der Waals surface area contributed by atoms with E-state index in [1.54, 1.807) is 0 Å². The van der Waals surface area contributed by atoms with Crippen LogP contribution in [0, 0.1) is 0 Å². The second-order valence-electron chi connectivity index (χ2n) is 4.54. The van der Waals surface area contributed by atoms with Crippen LogP contribution in [0.2, 0.25) is 0 Å². The molecule has 108 valence electrons. The van der Waals surface area contributed by atoms with Crippen molar-refractivity contribution in [1.82, 2.24) is 10.6 Å². The van der Waals surface area contributed by atoms with Crippen LogP contribution >= 0.6 is 0 Å². The molecule has 0 aromatic rings. The van der Waals surface area contributed by atoms with Crippen molar-refractivity contribution >= 4 is 17.9 Å². The van der Waals surface area contributed by atoms with Crippen molar-refractivity contribution in [2.24, 2.45) is 0 Å². The molecule has 0 bridgehead atoms. The maximum atomic E-state index is 11.5. The van der Waals surface area contributed by atoms with Gasteiger partial charge in [-0.2, -0.15) is 0 Å². The van der Waals surface area contributed by atoms with Gasteiger partial charge in [-0.15, -0.1) is 0 Å². The highest BCUT2D eigenvalue weighted by molar-refractivity contribution is 5.94. The minimum Gasteiger partial charge on any atom is -0.481 e. The molecular weight excluding hydrogens is 252 g/mol. The van der Waals surface area contributed by atoms with Gasteiger partial charge in [-0.1, -0.05) is 0 Å². The van der Waals surface area contributed by atoms with Crippen LogP contribution < -0.4 is 10.6 Å². The zero-order chi connectivity index (χ0) is 14.1. The predicted octanol–water partition coefficient (Wildman–Crippen LogP) is 0.636. The molecule has 1 saturated heterocycles. The van der Waals surface area contributed by atoms with Crippen LogP contribution in [0.15, 0.2) is 0 Å². The summed E-state index contributed by atoms with van der Waals surface area (Å²) in [5.41, 5.74) is 0. The van der Waals surface area contributed by atoms with Crippen LogP contribution in [-0.2, 0) is 14.3 Å². The number of hydrogen-bond donors (Lipinski definition) is 3. The Morgan fingerprint density at radius 3 is 2.58 bits per heavy atom. The third kappa shape index (κ3) is 7.40. The molecule has 0 aliphatic carbocycles. The van der Waals surface area contributed by atoms with E-state index < -0.39 is 12.0 Å². The van der Waals surface area contributed by atoms with Gasteiger partial charge in [0.25, 0.3) is 0 Å². The van der Waals surface area contributed by atoms with E-state index in [0.29, 0.717) is 26.1 Å². The zero-order valence-electron chi connectivity index (χ0n) is 10.8. The minimum atomic E-state index is -0.879. The first-order chi connectivity index (χ1) is 9.08. The molecule has 0 aromatic carbocycles. The van der Waals surface area contributed by atoms with Gasteiger partial charge in [-0.3, -0.25) is 14.9 Å². The number of imide groups is 1. The third-order valence-electron chi connectivity index (χ3n) is 2.79. The average Bonchev–Trinajstić information content (AvgIpc) is 2.35.